The zero-order valence-electron chi connectivity index (χ0n) is 16.1. The van der Waals surface area contributed by atoms with Crippen molar-refractivity contribution in [3.05, 3.63) is 64.5 Å². The fourth-order valence-electron chi connectivity index (χ4n) is 3.69. The van der Waals surface area contributed by atoms with Gasteiger partial charge in [-0.1, -0.05) is 12.1 Å². The van der Waals surface area contributed by atoms with Gasteiger partial charge in [-0.25, -0.2) is 4.98 Å². The van der Waals surface area contributed by atoms with E-state index in [1.54, 1.807) is 12.1 Å². The molecule has 1 aliphatic rings. The van der Waals surface area contributed by atoms with Gasteiger partial charge in [0.25, 0.3) is 5.69 Å². The minimum Gasteiger partial charge on any atom is -0.368 e. The van der Waals surface area contributed by atoms with E-state index in [1.165, 1.54) is 12.1 Å². The van der Waals surface area contributed by atoms with E-state index in [1.807, 2.05) is 29.2 Å². The molecule has 1 amide bonds. The molecule has 1 N–H and O–H groups in total. The van der Waals surface area contributed by atoms with Gasteiger partial charge >= 0.3 is 0 Å². The van der Waals surface area contributed by atoms with Crippen molar-refractivity contribution in [1.82, 2.24) is 14.9 Å². The molecule has 4 rings (SSSR count). The Kier molecular flexibility index (Phi) is 5.41. The summed E-state index contributed by atoms with van der Waals surface area (Å²) in [4.78, 5) is 34.8. The molecule has 0 aliphatic carbocycles. The number of hydrogen-bond acceptors (Lipinski definition) is 5. The summed E-state index contributed by atoms with van der Waals surface area (Å²) in [6, 6.07) is 14.5. The van der Waals surface area contributed by atoms with E-state index < -0.39 is 4.92 Å². The number of nitro groups is 1. The molecular weight excluding hydrogens is 370 g/mol. The number of benzene rings is 2. The quantitative estimate of drug-likeness (QED) is 0.513. The number of H-pyrrole nitrogens is 1. The van der Waals surface area contributed by atoms with Gasteiger partial charge in [-0.2, -0.15) is 0 Å². The lowest BCUT2D eigenvalue weighted by atomic mass is 10.2. The predicted octanol–water partition coefficient (Wildman–Crippen LogP) is 3.14. The number of imidazole rings is 1. The summed E-state index contributed by atoms with van der Waals surface area (Å²) in [6.45, 7) is 2.79. The van der Waals surface area contributed by atoms with E-state index in [-0.39, 0.29) is 11.6 Å². The number of nitrogens with one attached hydrogen (secondary N) is 1. The number of piperazine rings is 1. The highest BCUT2D eigenvalue weighted by molar-refractivity contribution is 5.77. The number of carbonyl (C=O) groups is 1. The maximum absolute atomic E-state index is 12.5. The number of fused-ring (bicyclic) bond motifs is 1. The summed E-state index contributed by atoms with van der Waals surface area (Å²) in [6.07, 6.45) is 2.03. The summed E-state index contributed by atoms with van der Waals surface area (Å²) in [5.74, 6) is 1.09. The SMILES string of the molecule is O=C(CCCc1nc2ccccc2[nH]1)N1CCN(c2ccc([N+](=O)[O-])cc2)CC1. The molecule has 0 unspecified atom stereocenters. The molecule has 1 saturated heterocycles. The molecule has 8 heteroatoms. The van der Waals surface area contributed by atoms with E-state index in [0.717, 1.165) is 48.5 Å². The van der Waals surface area contributed by atoms with Crippen molar-refractivity contribution in [3.63, 3.8) is 0 Å². The zero-order valence-corrected chi connectivity index (χ0v) is 16.1. The van der Waals surface area contributed by atoms with E-state index in [4.69, 9.17) is 0 Å². The highest BCUT2D eigenvalue weighted by Crippen LogP contribution is 2.21. The van der Waals surface area contributed by atoms with Crippen LogP contribution in [-0.4, -0.2) is 51.9 Å². The van der Waals surface area contributed by atoms with Crippen molar-refractivity contribution in [1.29, 1.82) is 0 Å². The minimum atomic E-state index is -0.397. The Hall–Kier alpha value is -3.42. The molecule has 2 heterocycles. The molecule has 0 spiro atoms. The molecule has 0 atom stereocenters. The predicted molar refractivity (Wildman–Crippen MR) is 111 cm³/mol. The molecule has 0 saturated carbocycles. The van der Waals surface area contributed by atoms with Crippen molar-refractivity contribution < 1.29 is 9.72 Å². The van der Waals surface area contributed by atoms with Gasteiger partial charge in [0.1, 0.15) is 5.82 Å². The average Bonchev–Trinajstić information content (AvgIpc) is 3.16. The van der Waals surface area contributed by atoms with Gasteiger partial charge in [-0.15, -0.1) is 0 Å². The van der Waals surface area contributed by atoms with Crippen LogP contribution in [0.15, 0.2) is 48.5 Å². The highest BCUT2D eigenvalue weighted by Gasteiger charge is 2.21. The Morgan fingerprint density at radius 1 is 1.07 bits per heavy atom. The molecule has 1 aromatic heterocycles. The second-order valence-electron chi connectivity index (χ2n) is 7.20. The van der Waals surface area contributed by atoms with Crippen LogP contribution < -0.4 is 4.90 Å². The molecule has 29 heavy (non-hydrogen) atoms. The number of nitro benzene ring substituents is 1. The lowest BCUT2D eigenvalue weighted by molar-refractivity contribution is -0.384. The van der Waals surface area contributed by atoms with Gasteiger partial charge < -0.3 is 14.8 Å². The number of hydrogen-bond donors (Lipinski definition) is 1. The second-order valence-corrected chi connectivity index (χ2v) is 7.20. The molecule has 0 bridgehead atoms. The number of carbonyl (C=O) groups excluding carboxylic acids is 1. The fourth-order valence-corrected chi connectivity index (χ4v) is 3.69. The van der Waals surface area contributed by atoms with Gasteiger partial charge in [0.2, 0.25) is 5.91 Å². The van der Waals surface area contributed by atoms with Crippen LogP contribution >= 0.6 is 0 Å². The lowest BCUT2D eigenvalue weighted by Crippen LogP contribution is -2.48. The van der Waals surface area contributed by atoms with Gasteiger partial charge in [-0.05, 0) is 30.7 Å². The second kappa shape index (κ2) is 8.30. The lowest BCUT2D eigenvalue weighted by Gasteiger charge is -2.36. The first-order valence-electron chi connectivity index (χ1n) is 9.81. The molecule has 150 valence electrons. The van der Waals surface area contributed by atoms with Crippen molar-refractivity contribution in [2.75, 3.05) is 31.1 Å². The van der Waals surface area contributed by atoms with E-state index >= 15 is 0 Å². The van der Waals surface area contributed by atoms with E-state index in [0.29, 0.717) is 19.5 Å². The summed E-state index contributed by atoms with van der Waals surface area (Å²) < 4.78 is 0. The van der Waals surface area contributed by atoms with Crippen LogP contribution in [0.3, 0.4) is 0 Å². The Morgan fingerprint density at radius 2 is 1.79 bits per heavy atom. The number of anilines is 1. The van der Waals surface area contributed by atoms with Crippen molar-refractivity contribution in [2.24, 2.45) is 0 Å². The number of amides is 1. The van der Waals surface area contributed by atoms with Crippen LogP contribution in [0.2, 0.25) is 0 Å². The Balaban J connectivity index is 1.24. The number of rotatable bonds is 6. The summed E-state index contributed by atoms with van der Waals surface area (Å²) in [5.41, 5.74) is 3.02. The summed E-state index contributed by atoms with van der Waals surface area (Å²) >= 11 is 0. The molecule has 3 aromatic rings. The molecular formula is C21H23N5O3. The van der Waals surface area contributed by atoms with Crippen LogP contribution in [0.1, 0.15) is 18.7 Å². The standard InChI is InChI=1S/C21H23N5O3/c27-21(7-3-6-20-22-18-4-1-2-5-19(18)23-20)25-14-12-24(13-15-25)16-8-10-17(11-9-16)26(28)29/h1-2,4-5,8-11H,3,6-7,12-15H2,(H,22,23). The van der Waals surface area contributed by atoms with Crippen LogP contribution in [0, 0.1) is 10.1 Å². The monoisotopic (exact) mass is 393 g/mol. The zero-order chi connectivity index (χ0) is 20.2. The Labute approximate surface area is 168 Å². The van der Waals surface area contributed by atoms with Crippen LogP contribution in [0.4, 0.5) is 11.4 Å². The fraction of sp³-hybridized carbons (Fsp3) is 0.333. The van der Waals surface area contributed by atoms with Crippen LogP contribution in [-0.2, 0) is 11.2 Å². The third-order valence-corrected chi connectivity index (χ3v) is 5.30. The van der Waals surface area contributed by atoms with Gasteiger partial charge in [-0.3, -0.25) is 14.9 Å². The van der Waals surface area contributed by atoms with Gasteiger partial charge in [0, 0.05) is 56.8 Å². The number of aromatic amines is 1. The third kappa shape index (κ3) is 4.37. The minimum absolute atomic E-state index is 0.0898. The average molecular weight is 393 g/mol. The van der Waals surface area contributed by atoms with Gasteiger partial charge in [0.15, 0.2) is 0 Å². The topological polar surface area (TPSA) is 95.4 Å². The highest BCUT2D eigenvalue weighted by atomic mass is 16.6. The van der Waals surface area contributed by atoms with Crippen molar-refractivity contribution in [3.8, 4) is 0 Å². The number of aromatic nitrogens is 2. The number of para-hydroxylation sites is 2. The Morgan fingerprint density at radius 3 is 2.48 bits per heavy atom. The first-order valence-corrected chi connectivity index (χ1v) is 9.81. The molecule has 2 aromatic carbocycles. The molecule has 1 aliphatic heterocycles. The largest absolute Gasteiger partial charge is 0.368 e. The number of nitrogens with zero attached hydrogens (tertiary/aromatic N) is 4. The molecule has 1 fully saturated rings. The van der Waals surface area contributed by atoms with E-state index in [2.05, 4.69) is 14.9 Å². The number of aryl methyl sites for hydroxylation is 1. The van der Waals surface area contributed by atoms with Crippen molar-refractivity contribution >= 4 is 28.3 Å². The summed E-state index contributed by atoms with van der Waals surface area (Å²) in [7, 11) is 0. The first-order chi connectivity index (χ1) is 14.1. The molecule has 8 nitrogen and oxygen atoms in total. The Bertz CT molecular complexity index is 974. The third-order valence-electron chi connectivity index (χ3n) is 5.30. The van der Waals surface area contributed by atoms with Crippen LogP contribution in [0.5, 0.6) is 0 Å². The van der Waals surface area contributed by atoms with Crippen LogP contribution in [0.25, 0.3) is 11.0 Å². The maximum atomic E-state index is 12.5. The van der Waals surface area contributed by atoms with E-state index in [9.17, 15) is 14.9 Å². The first kappa shape index (κ1) is 18.9. The summed E-state index contributed by atoms with van der Waals surface area (Å²) in [5, 5.41) is 10.8. The van der Waals surface area contributed by atoms with Gasteiger partial charge in [0.05, 0.1) is 16.0 Å². The normalized spacial score (nSPS) is 14.3. The smallest absolute Gasteiger partial charge is 0.269 e. The maximum Gasteiger partial charge on any atom is 0.269 e. The van der Waals surface area contributed by atoms with Crippen molar-refractivity contribution in [2.45, 2.75) is 19.3 Å². The number of non-ortho nitro benzene ring substituents is 1. The molecule has 0 radical (unpaired) electrons.